The highest BCUT2D eigenvalue weighted by molar-refractivity contribution is 5.92. The Labute approximate surface area is 149 Å². The minimum Gasteiger partial charge on any atom is -0.307 e. The second kappa shape index (κ2) is 7.60. The number of aromatic nitrogens is 4. The van der Waals surface area contributed by atoms with Crippen LogP contribution in [-0.2, 0) is 11.3 Å². The van der Waals surface area contributed by atoms with Gasteiger partial charge < -0.3 is 5.32 Å². The number of anilines is 1. The second-order valence-electron chi connectivity index (χ2n) is 5.73. The summed E-state index contributed by atoms with van der Waals surface area (Å²) in [4.78, 5) is 22.7. The third-order valence-corrected chi connectivity index (χ3v) is 3.89. The largest absolute Gasteiger partial charge is 0.307 e. The van der Waals surface area contributed by atoms with E-state index >= 15 is 0 Å². The van der Waals surface area contributed by atoms with E-state index in [9.17, 15) is 14.9 Å². The zero-order valence-corrected chi connectivity index (χ0v) is 14.1. The van der Waals surface area contributed by atoms with E-state index in [1.807, 2.05) is 37.3 Å². The maximum absolute atomic E-state index is 12.5. The number of nitro groups is 1. The molecule has 0 aliphatic rings. The molecule has 2 heterocycles. The fourth-order valence-electron chi connectivity index (χ4n) is 2.58. The van der Waals surface area contributed by atoms with Crippen molar-refractivity contribution in [1.29, 1.82) is 0 Å². The average Bonchev–Trinajstić information content (AvgIpc) is 3.27. The minimum absolute atomic E-state index is 0.150. The molecule has 134 valence electrons. The summed E-state index contributed by atoms with van der Waals surface area (Å²) in [6.45, 7) is 2.41. The van der Waals surface area contributed by atoms with Gasteiger partial charge in [-0.2, -0.15) is 10.2 Å². The monoisotopic (exact) mass is 354 g/mol. The van der Waals surface area contributed by atoms with Crippen LogP contribution in [0.5, 0.6) is 0 Å². The van der Waals surface area contributed by atoms with Gasteiger partial charge in [0.15, 0.2) is 5.82 Å². The second-order valence-corrected chi connectivity index (χ2v) is 5.73. The topological polar surface area (TPSA) is 108 Å². The maximum Gasteiger partial charge on any atom is 0.307 e. The molecule has 1 aromatic carbocycles. The third-order valence-electron chi connectivity index (χ3n) is 3.89. The summed E-state index contributed by atoms with van der Waals surface area (Å²) in [5, 5.41) is 21.8. The number of amides is 1. The molecule has 3 rings (SSSR count). The van der Waals surface area contributed by atoms with Crippen molar-refractivity contribution in [3.63, 3.8) is 0 Å². The normalized spacial score (nSPS) is 11.9. The first-order valence-electron chi connectivity index (χ1n) is 8.13. The standard InChI is InChI=1S/C17H18N6O3/c1-2-15(22-12-14(10-18-22)23(25)26)17(24)19-16-8-9-21(20-16)11-13-6-4-3-5-7-13/h3-10,12,15H,2,11H2,1H3,(H,19,20,24). The van der Waals surface area contributed by atoms with E-state index in [-0.39, 0.29) is 11.6 Å². The molecule has 0 aliphatic carbocycles. The predicted octanol–water partition coefficient (Wildman–Crippen LogP) is 2.63. The highest BCUT2D eigenvalue weighted by atomic mass is 16.6. The van der Waals surface area contributed by atoms with E-state index in [1.54, 1.807) is 16.9 Å². The van der Waals surface area contributed by atoms with Crippen molar-refractivity contribution >= 4 is 17.4 Å². The molecule has 0 aliphatic heterocycles. The molecule has 9 heteroatoms. The van der Waals surface area contributed by atoms with Crippen molar-refractivity contribution in [1.82, 2.24) is 19.6 Å². The van der Waals surface area contributed by atoms with E-state index in [4.69, 9.17) is 0 Å². The van der Waals surface area contributed by atoms with Gasteiger partial charge in [-0.25, -0.2) is 0 Å². The van der Waals surface area contributed by atoms with E-state index in [0.717, 1.165) is 11.8 Å². The van der Waals surface area contributed by atoms with Gasteiger partial charge in [-0.1, -0.05) is 37.3 Å². The van der Waals surface area contributed by atoms with Crippen molar-refractivity contribution in [2.75, 3.05) is 5.32 Å². The SMILES string of the molecule is CCC(C(=O)Nc1ccn(Cc2ccccc2)n1)n1cc([N+](=O)[O-])cn1. The van der Waals surface area contributed by atoms with Crippen LogP contribution in [0, 0.1) is 10.1 Å². The van der Waals surface area contributed by atoms with Crippen molar-refractivity contribution in [2.24, 2.45) is 0 Å². The van der Waals surface area contributed by atoms with Crippen LogP contribution in [0.3, 0.4) is 0 Å². The molecule has 1 amide bonds. The van der Waals surface area contributed by atoms with E-state index in [0.29, 0.717) is 18.8 Å². The molecule has 1 atom stereocenters. The molecule has 1 unspecified atom stereocenters. The fourth-order valence-corrected chi connectivity index (χ4v) is 2.58. The Morgan fingerprint density at radius 2 is 2.08 bits per heavy atom. The van der Waals surface area contributed by atoms with Gasteiger partial charge in [0.1, 0.15) is 18.4 Å². The molecular weight excluding hydrogens is 336 g/mol. The number of hydrogen-bond acceptors (Lipinski definition) is 5. The predicted molar refractivity (Wildman–Crippen MR) is 94.6 cm³/mol. The summed E-state index contributed by atoms with van der Waals surface area (Å²) in [5.74, 6) is 0.0986. The van der Waals surface area contributed by atoms with Crippen LogP contribution in [0.25, 0.3) is 0 Å². The number of rotatable bonds is 7. The number of hydrogen-bond donors (Lipinski definition) is 1. The van der Waals surface area contributed by atoms with Gasteiger partial charge in [-0.15, -0.1) is 0 Å². The average molecular weight is 354 g/mol. The molecule has 1 N–H and O–H groups in total. The Balaban J connectivity index is 1.67. The first-order chi connectivity index (χ1) is 12.6. The number of nitrogens with zero attached hydrogens (tertiary/aromatic N) is 5. The van der Waals surface area contributed by atoms with Gasteiger partial charge in [0.25, 0.3) is 0 Å². The molecule has 9 nitrogen and oxygen atoms in total. The quantitative estimate of drug-likeness (QED) is 0.518. The van der Waals surface area contributed by atoms with Gasteiger partial charge in [-0.05, 0) is 12.0 Å². The Hall–Kier alpha value is -3.49. The molecule has 0 radical (unpaired) electrons. The summed E-state index contributed by atoms with van der Waals surface area (Å²) < 4.78 is 3.03. The highest BCUT2D eigenvalue weighted by Crippen LogP contribution is 2.17. The molecule has 0 spiro atoms. The Morgan fingerprint density at radius 3 is 2.73 bits per heavy atom. The number of benzene rings is 1. The minimum atomic E-state index is -0.650. The zero-order chi connectivity index (χ0) is 18.5. The van der Waals surface area contributed by atoms with Crippen molar-refractivity contribution in [2.45, 2.75) is 25.9 Å². The first kappa shape index (κ1) is 17.3. The lowest BCUT2D eigenvalue weighted by Crippen LogP contribution is -2.26. The number of carbonyl (C=O) groups is 1. The van der Waals surface area contributed by atoms with Crippen molar-refractivity contribution in [3.05, 3.63) is 70.7 Å². The summed E-state index contributed by atoms with van der Waals surface area (Å²) in [6, 6.07) is 10.9. The van der Waals surface area contributed by atoms with Gasteiger partial charge in [0.2, 0.25) is 5.91 Å². The molecule has 2 aromatic heterocycles. The molecule has 26 heavy (non-hydrogen) atoms. The molecule has 0 saturated carbocycles. The Bertz CT molecular complexity index is 902. The van der Waals surface area contributed by atoms with Gasteiger partial charge in [0.05, 0.1) is 11.5 Å². The third kappa shape index (κ3) is 3.94. The molecular formula is C17H18N6O3. The van der Waals surface area contributed by atoms with Crippen LogP contribution in [0.4, 0.5) is 11.5 Å². The van der Waals surface area contributed by atoms with E-state index < -0.39 is 11.0 Å². The summed E-state index contributed by atoms with van der Waals surface area (Å²) >= 11 is 0. The number of nitrogens with one attached hydrogen (secondary N) is 1. The summed E-state index contributed by atoms with van der Waals surface area (Å²) in [5.41, 5.74) is 0.951. The van der Waals surface area contributed by atoms with Gasteiger partial charge >= 0.3 is 5.69 Å². The number of carbonyl (C=O) groups excluding carboxylic acids is 1. The lowest BCUT2D eigenvalue weighted by Gasteiger charge is -2.13. The Kier molecular flexibility index (Phi) is 5.07. The lowest BCUT2D eigenvalue weighted by molar-refractivity contribution is -0.385. The molecule has 0 bridgehead atoms. The molecule has 3 aromatic rings. The zero-order valence-electron chi connectivity index (χ0n) is 14.1. The molecule has 0 saturated heterocycles. The van der Waals surface area contributed by atoms with Crippen LogP contribution in [0.2, 0.25) is 0 Å². The Morgan fingerprint density at radius 1 is 1.31 bits per heavy atom. The summed E-state index contributed by atoms with van der Waals surface area (Å²) in [7, 11) is 0. The summed E-state index contributed by atoms with van der Waals surface area (Å²) in [6.07, 6.45) is 4.60. The lowest BCUT2D eigenvalue weighted by atomic mass is 10.2. The van der Waals surface area contributed by atoms with E-state index in [1.165, 1.54) is 10.9 Å². The van der Waals surface area contributed by atoms with E-state index in [2.05, 4.69) is 15.5 Å². The van der Waals surface area contributed by atoms with Gasteiger partial charge in [0, 0.05) is 12.3 Å². The molecule has 0 fully saturated rings. The highest BCUT2D eigenvalue weighted by Gasteiger charge is 2.22. The van der Waals surface area contributed by atoms with Crippen molar-refractivity contribution in [3.8, 4) is 0 Å². The van der Waals surface area contributed by atoms with Crippen LogP contribution >= 0.6 is 0 Å². The van der Waals surface area contributed by atoms with Crippen LogP contribution in [0.1, 0.15) is 24.9 Å². The van der Waals surface area contributed by atoms with Crippen molar-refractivity contribution < 1.29 is 9.72 Å². The van der Waals surface area contributed by atoms with Crippen LogP contribution in [0.15, 0.2) is 55.0 Å². The maximum atomic E-state index is 12.5. The smallest absolute Gasteiger partial charge is 0.307 e. The van der Waals surface area contributed by atoms with Crippen LogP contribution < -0.4 is 5.32 Å². The van der Waals surface area contributed by atoms with Crippen LogP contribution in [-0.4, -0.2) is 30.4 Å². The van der Waals surface area contributed by atoms with Gasteiger partial charge in [-0.3, -0.25) is 24.3 Å². The first-order valence-corrected chi connectivity index (χ1v) is 8.13. The fraction of sp³-hybridized carbons (Fsp3) is 0.235.